The lowest BCUT2D eigenvalue weighted by Gasteiger charge is -2.41. The lowest BCUT2D eigenvalue weighted by Crippen LogP contribution is -2.36. The van der Waals surface area contributed by atoms with Gasteiger partial charge in [-0.15, -0.1) is 11.3 Å². The van der Waals surface area contributed by atoms with Crippen molar-refractivity contribution in [2.45, 2.75) is 32.6 Å². The predicted octanol–water partition coefficient (Wildman–Crippen LogP) is 3.73. The van der Waals surface area contributed by atoms with E-state index in [9.17, 15) is 0 Å². The molecule has 5 heteroatoms. The van der Waals surface area contributed by atoms with E-state index >= 15 is 0 Å². The van der Waals surface area contributed by atoms with Gasteiger partial charge in [0.15, 0.2) is 0 Å². The number of hydrogen-bond donors (Lipinski definition) is 2. The van der Waals surface area contributed by atoms with Crippen LogP contribution in [-0.4, -0.2) is 23.6 Å². The molecular weight excluding hydrogens is 256 g/mol. The van der Waals surface area contributed by atoms with Crippen LogP contribution >= 0.6 is 11.3 Å². The van der Waals surface area contributed by atoms with Crippen LogP contribution < -0.4 is 10.6 Å². The maximum absolute atomic E-state index is 4.56. The summed E-state index contributed by atoms with van der Waals surface area (Å²) in [5.74, 6) is 1.66. The van der Waals surface area contributed by atoms with Gasteiger partial charge in [0.1, 0.15) is 10.6 Å². The van der Waals surface area contributed by atoms with E-state index < -0.39 is 0 Å². The van der Waals surface area contributed by atoms with Crippen molar-refractivity contribution in [3.8, 4) is 0 Å². The van der Waals surface area contributed by atoms with E-state index in [4.69, 9.17) is 0 Å². The summed E-state index contributed by atoms with van der Waals surface area (Å²) in [6.07, 6.45) is 5.30. The molecule has 2 heterocycles. The molecule has 3 rings (SSSR count). The molecule has 2 N–H and O–H groups in total. The van der Waals surface area contributed by atoms with E-state index in [0.717, 1.165) is 22.6 Å². The highest BCUT2D eigenvalue weighted by Gasteiger charge is 2.34. The molecule has 1 fully saturated rings. The van der Waals surface area contributed by atoms with Crippen LogP contribution in [0.2, 0.25) is 0 Å². The average Bonchev–Trinajstić information content (AvgIpc) is 2.85. The van der Waals surface area contributed by atoms with Crippen LogP contribution in [0.4, 0.5) is 11.8 Å². The number of anilines is 2. The van der Waals surface area contributed by atoms with Crippen molar-refractivity contribution in [2.75, 3.05) is 24.2 Å². The molecular formula is C14H20N4S. The first-order chi connectivity index (χ1) is 9.26. The zero-order valence-electron chi connectivity index (χ0n) is 11.5. The van der Waals surface area contributed by atoms with Gasteiger partial charge in [-0.25, -0.2) is 4.98 Å². The van der Waals surface area contributed by atoms with Gasteiger partial charge in [0.25, 0.3) is 0 Å². The Hall–Kier alpha value is -1.36. The summed E-state index contributed by atoms with van der Waals surface area (Å²) in [6, 6.07) is 2.10. The van der Waals surface area contributed by atoms with E-state index in [1.54, 1.807) is 11.3 Å². The summed E-state index contributed by atoms with van der Waals surface area (Å²) in [5.41, 5.74) is 0.493. The standard InChI is InChI=1S/C14H20N4S/c1-3-14(6-4-7-14)9-16-11-10-5-8-19-12(10)18-13(15-2)17-11/h5,8H,3-4,6-7,9H2,1-2H3,(H2,15,16,17,18). The first kappa shape index (κ1) is 12.7. The van der Waals surface area contributed by atoms with E-state index in [2.05, 4.69) is 39.0 Å². The highest BCUT2D eigenvalue weighted by atomic mass is 32.1. The zero-order chi connectivity index (χ0) is 13.3. The lowest BCUT2D eigenvalue weighted by atomic mass is 9.67. The fourth-order valence-corrected chi connectivity index (χ4v) is 3.47. The second kappa shape index (κ2) is 4.96. The van der Waals surface area contributed by atoms with Gasteiger partial charge in [-0.3, -0.25) is 0 Å². The Morgan fingerprint density at radius 1 is 1.37 bits per heavy atom. The normalized spacial score (nSPS) is 17.2. The fourth-order valence-electron chi connectivity index (χ4n) is 2.71. The predicted molar refractivity (Wildman–Crippen MR) is 82.0 cm³/mol. The Balaban J connectivity index is 1.85. The molecule has 0 aromatic carbocycles. The summed E-state index contributed by atoms with van der Waals surface area (Å²) in [4.78, 5) is 10.1. The summed E-state index contributed by atoms with van der Waals surface area (Å²) in [7, 11) is 1.86. The third-order valence-electron chi connectivity index (χ3n) is 4.34. The van der Waals surface area contributed by atoms with Gasteiger partial charge in [-0.05, 0) is 36.1 Å². The van der Waals surface area contributed by atoms with Crippen molar-refractivity contribution in [2.24, 2.45) is 5.41 Å². The molecule has 1 aliphatic rings. The number of nitrogens with one attached hydrogen (secondary N) is 2. The third-order valence-corrected chi connectivity index (χ3v) is 5.15. The molecule has 0 amide bonds. The molecule has 2 aromatic rings. The second-order valence-electron chi connectivity index (χ2n) is 5.35. The maximum Gasteiger partial charge on any atom is 0.225 e. The largest absolute Gasteiger partial charge is 0.369 e. The Bertz CT molecular complexity index is 568. The minimum Gasteiger partial charge on any atom is -0.369 e. The maximum atomic E-state index is 4.56. The van der Waals surface area contributed by atoms with Gasteiger partial charge in [0.2, 0.25) is 5.95 Å². The van der Waals surface area contributed by atoms with Crippen molar-refractivity contribution in [3.63, 3.8) is 0 Å². The minimum atomic E-state index is 0.493. The zero-order valence-corrected chi connectivity index (χ0v) is 12.3. The Morgan fingerprint density at radius 2 is 2.21 bits per heavy atom. The van der Waals surface area contributed by atoms with Crippen LogP contribution in [0.3, 0.4) is 0 Å². The number of thiophene rings is 1. The Morgan fingerprint density at radius 3 is 2.84 bits per heavy atom. The summed E-state index contributed by atoms with van der Waals surface area (Å²) >= 11 is 1.66. The smallest absolute Gasteiger partial charge is 0.225 e. The van der Waals surface area contributed by atoms with Crippen LogP contribution in [-0.2, 0) is 0 Å². The molecule has 0 saturated heterocycles. The van der Waals surface area contributed by atoms with Gasteiger partial charge in [0.05, 0.1) is 5.39 Å². The number of fused-ring (bicyclic) bond motifs is 1. The van der Waals surface area contributed by atoms with Gasteiger partial charge in [0, 0.05) is 13.6 Å². The highest BCUT2D eigenvalue weighted by Crippen LogP contribution is 2.44. The molecule has 0 aliphatic heterocycles. The molecule has 0 spiro atoms. The summed E-state index contributed by atoms with van der Waals surface area (Å²) in [5, 5.41) is 9.80. The van der Waals surface area contributed by atoms with Gasteiger partial charge < -0.3 is 10.6 Å². The minimum absolute atomic E-state index is 0.493. The van der Waals surface area contributed by atoms with Crippen LogP contribution in [0, 0.1) is 5.41 Å². The molecule has 1 aliphatic carbocycles. The van der Waals surface area contributed by atoms with Crippen molar-refractivity contribution < 1.29 is 0 Å². The Labute approximate surface area is 117 Å². The van der Waals surface area contributed by atoms with Crippen LogP contribution in [0.1, 0.15) is 32.6 Å². The van der Waals surface area contributed by atoms with Crippen molar-refractivity contribution in [1.82, 2.24) is 9.97 Å². The van der Waals surface area contributed by atoms with E-state index in [-0.39, 0.29) is 0 Å². The average molecular weight is 276 g/mol. The van der Waals surface area contributed by atoms with E-state index in [1.807, 2.05) is 7.05 Å². The number of aromatic nitrogens is 2. The molecule has 4 nitrogen and oxygen atoms in total. The van der Waals surface area contributed by atoms with Gasteiger partial charge in [-0.2, -0.15) is 4.98 Å². The molecule has 2 aromatic heterocycles. The second-order valence-corrected chi connectivity index (χ2v) is 6.24. The SMILES string of the molecule is CCC1(CNc2nc(NC)nc3sccc23)CCC1. The molecule has 19 heavy (non-hydrogen) atoms. The number of hydrogen-bond acceptors (Lipinski definition) is 5. The first-order valence-corrected chi connectivity index (χ1v) is 7.81. The molecule has 0 bridgehead atoms. The molecule has 0 unspecified atom stereocenters. The fraction of sp³-hybridized carbons (Fsp3) is 0.571. The van der Waals surface area contributed by atoms with Crippen molar-refractivity contribution >= 4 is 33.3 Å². The summed E-state index contributed by atoms with van der Waals surface area (Å²) in [6.45, 7) is 3.31. The van der Waals surface area contributed by atoms with Crippen LogP contribution in [0.25, 0.3) is 10.2 Å². The van der Waals surface area contributed by atoms with Gasteiger partial charge >= 0.3 is 0 Å². The Kier molecular flexibility index (Phi) is 3.31. The molecule has 0 radical (unpaired) electrons. The quantitative estimate of drug-likeness (QED) is 0.873. The van der Waals surface area contributed by atoms with Crippen molar-refractivity contribution in [1.29, 1.82) is 0 Å². The van der Waals surface area contributed by atoms with Crippen LogP contribution in [0.15, 0.2) is 11.4 Å². The van der Waals surface area contributed by atoms with Gasteiger partial charge in [-0.1, -0.05) is 13.3 Å². The van der Waals surface area contributed by atoms with Crippen LogP contribution in [0.5, 0.6) is 0 Å². The molecule has 102 valence electrons. The molecule has 0 atom stereocenters. The topological polar surface area (TPSA) is 49.8 Å². The highest BCUT2D eigenvalue weighted by molar-refractivity contribution is 7.16. The summed E-state index contributed by atoms with van der Waals surface area (Å²) < 4.78 is 0. The monoisotopic (exact) mass is 276 g/mol. The number of rotatable bonds is 5. The number of nitrogens with zero attached hydrogens (tertiary/aromatic N) is 2. The van der Waals surface area contributed by atoms with E-state index in [1.165, 1.54) is 25.7 Å². The van der Waals surface area contributed by atoms with E-state index in [0.29, 0.717) is 11.4 Å². The third kappa shape index (κ3) is 2.27. The first-order valence-electron chi connectivity index (χ1n) is 6.93. The molecule has 1 saturated carbocycles. The lowest BCUT2D eigenvalue weighted by molar-refractivity contribution is 0.145. The van der Waals surface area contributed by atoms with Crippen molar-refractivity contribution in [3.05, 3.63) is 11.4 Å².